The number of carbonyl (C=O) groups excluding carboxylic acids is 1. The number of nitrogens with zero attached hydrogens (tertiary/aromatic N) is 3. The van der Waals surface area contributed by atoms with E-state index < -0.39 is 0 Å². The fraction of sp³-hybridized carbons (Fsp3) is 0.192. The molecule has 0 bridgehead atoms. The lowest BCUT2D eigenvalue weighted by molar-refractivity contribution is -0.113. The highest BCUT2D eigenvalue weighted by Crippen LogP contribution is 2.33. The van der Waals surface area contributed by atoms with Crippen molar-refractivity contribution in [3.63, 3.8) is 0 Å². The highest BCUT2D eigenvalue weighted by atomic mass is 32.2. The summed E-state index contributed by atoms with van der Waals surface area (Å²) in [4.78, 5) is 12.7. The van der Waals surface area contributed by atoms with Gasteiger partial charge in [0.05, 0.1) is 5.75 Å². The predicted molar refractivity (Wildman–Crippen MR) is 133 cm³/mol. The predicted octanol–water partition coefficient (Wildman–Crippen LogP) is 5.05. The Hall–Kier alpha value is -3.78. The maximum Gasteiger partial charge on any atom is 0.234 e. The van der Waals surface area contributed by atoms with Crippen LogP contribution >= 0.6 is 11.8 Å². The molecule has 1 amide bonds. The lowest BCUT2D eigenvalue weighted by Crippen LogP contribution is -2.17. The molecular weight excluding hydrogens is 448 g/mol. The summed E-state index contributed by atoms with van der Waals surface area (Å²) >= 11 is 1.34. The van der Waals surface area contributed by atoms with Gasteiger partial charge in [0, 0.05) is 23.0 Å². The summed E-state index contributed by atoms with van der Waals surface area (Å²) in [5.41, 5.74) is 4.92. The Morgan fingerprint density at radius 2 is 1.59 bits per heavy atom. The number of amides is 1. The SMILES string of the molecule is Cc1ccc(-c2nnc(SCC(=O)Nc3ccc4c(c3)OCCO4)n2-c2ccc(C)cc2)cc1. The number of fused-ring (bicyclic) bond motifs is 1. The minimum Gasteiger partial charge on any atom is -0.486 e. The van der Waals surface area contributed by atoms with Gasteiger partial charge in [-0.25, -0.2) is 0 Å². The number of anilines is 1. The molecule has 1 aromatic heterocycles. The van der Waals surface area contributed by atoms with Crippen LogP contribution in [-0.2, 0) is 4.79 Å². The Morgan fingerprint density at radius 3 is 2.32 bits per heavy atom. The molecule has 1 aliphatic rings. The van der Waals surface area contributed by atoms with E-state index in [9.17, 15) is 4.79 Å². The van der Waals surface area contributed by atoms with Crippen molar-refractivity contribution in [1.82, 2.24) is 14.8 Å². The van der Waals surface area contributed by atoms with E-state index in [0.29, 0.717) is 35.6 Å². The molecule has 0 fully saturated rings. The number of ether oxygens (including phenoxy) is 2. The Labute approximate surface area is 202 Å². The minimum absolute atomic E-state index is 0.142. The third kappa shape index (κ3) is 4.77. The summed E-state index contributed by atoms with van der Waals surface area (Å²) in [5.74, 6) is 2.11. The van der Waals surface area contributed by atoms with Crippen LogP contribution in [-0.4, -0.2) is 39.6 Å². The van der Waals surface area contributed by atoms with Crippen LogP contribution in [0.15, 0.2) is 71.9 Å². The quantitative estimate of drug-likeness (QED) is 0.396. The van der Waals surface area contributed by atoms with Gasteiger partial charge >= 0.3 is 0 Å². The summed E-state index contributed by atoms with van der Waals surface area (Å²) in [6, 6.07) is 21.7. The molecule has 34 heavy (non-hydrogen) atoms. The monoisotopic (exact) mass is 472 g/mol. The molecule has 0 aliphatic carbocycles. The van der Waals surface area contributed by atoms with Crippen molar-refractivity contribution in [2.24, 2.45) is 0 Å². The van der Waals surface area contributed by atoms with E-state index >= 15 is 0 Å². The number of thioether (sulfide) groups is 1. The molecule has 2 heterocycles. The second-order valence-electron chi connectivity index (χ2n) is 8.04. The molecule has 0 saturated carbocycles. The molecule has 0 spiro atoms. The van der Waals surface area contributed by atoms with Crippen LogP contribution in [0.2, 0.25) is 0 Å². The normalized spacial score (nSPS) is 12.4. The van der Waals surface area contributed by atoms with E-state index in [1.165, 1.54) is 22.9 Å². The first kappa shape index (κ1) is 22.0. The number of aryl methyl sites for hydroxylation is 2. The second-order valence-corrected chi connectivity index (χ2v) is 8.98. The van der Waals surface area contributed by atoms with Gasteiger partial charge < -0.3 is 14.8 Å². The van der Waals surface area contributed by atoms with Gasteiger partial charge in [0.2, 0.25) is 5.91 Å². The second kappa shape index (κ2) is 9.61. The van der Waals surface area contributed by atoms with E-state index in [2.05, 4.69) is 53.6 Å². The number of nitrogens with one attached hydrogen (secondary N) is 1. The number of carbonyl (C=O) groups is 1. The third-order valence-corrected chi connectivity index (χ3v) is 6.32. The Bertz CT molecular complexity index is 1320. The molecular formula is C26H24N4O3S. The highest BCUT2D eigenvalue weighted by Gasteiger charge is 2.18. The van der Waals surface area contributed by atoms with Gasteiger partial charge in [-0.2, -0.15) is 0 Å². The molecule has 0 unspecified atom stereocenters. The number of aromatic nitrogens is 3. The van der Waals surface area contributed by atoms with Crippen molar-refractivity contribution >= 4 is 23.4 Å². The summed E-state index contributed by atoms with van der Waals surface area (Å²) in [6.07, 6.45) is 0. The zero-order valence-electron chi connectivity index (χ0n) is 18.9. The van der Waals surface area contributed by atoms with Crippen molar-refractivity contribution in [1.29, 1.82) is 0 Å². The number of hydrogen-bond acceptors (Lipinski definition) is 6. The summed E-state index contributed by atoms with van der Waals surface area (Å²) in [5, 5.41) is 12.4. The number of benzene rings is 3. The van der Waals surface area contributed by atoms with Crippen LogP contribution in [0.3, 0.4) is 0 Å². The van der Waals surface area contributed by atoms with Crippen LogP contribution in [0.4, 0.5) is 5.69 Å². The van der Waals surface area contributed by atoms with Crippen molar-refractivity contribution in [2.45, 2.75) is 19.0 Å². The first-order chi connectivity index (χ1) is 16.6. The lowest BCUT2D eigenvalue weighted by atomic mass is 10.1. The van der Waals surface area contributed by atoms with E-state index in [-0.39, 0.29) is 11.7 Å². The average Bonchev–Trinajstić information content (AvgIpc) is 3.27. The summed E-state index contributed by atoms with van der Waals surface area (Å²) < 4.78 is 13.1. The fourth-order valence-corrected chi connectivity index (χ4v) is 4.38. The molecule has 5 rings (SSSR count). The van der Waals surface area contributed by atoms with Crippen LogP contribution in [0.25, 0.3) is 17.1 Å². The van der Waals surface area contributed by atoms with Crippen molar-refractivity contribution in [2.75, 3.05) is 24.3 Å². The Balaban J connectivity index is 1.36. The molecule has 172 valence electrons. The van der Waals surface area contributed by atoms with Crippen LogP contribution in [0.5, 0.6) is 11.5 Å². The van der Waals surface area contributed by atoms with E-state index in [1.54, 1.807) is 18.2 Å². The zero-order chi connectivity index (χ0) is 23.5. The fourth-order valence-electron chi connectivity index (χ4n) is 3.63. The van der Waals surface area contributed by atoms with Crippen molar-refractivity contribution in [3.8, 4) is 28.6 Å². The van der Waals surface area contributed by atoms with Gasteiger partial charge in [-0.1, -0.05) is 59.3 Å². The van der Waals surface area contributed by atoms with Gasteiger partial charge in [0.15, 0.2) is 22.5 Å². The summed E-state index contributed by atoms with van der Waals surface area (Å²) in [6.45, 7) is 5.13. The third-order valence-electron chi connectivity index (χ3n) is 5.39. The molecule has 7 nitrogen and oxygen atoms in total. The first-order valence-electron chi connectivity index (χ1n) is 11.0. The van der Waals surface area contributed by atoms with Gasteiger partial charge in [-0.3, -0.25) is 9.36 Å². The number of hydrogen-bond donors (Lipinski definition) is 1. The Morgan fingerprint density at radius 1 is 0.912 bits per heavy atom. The van der Waals surface area contributed by atoms with Gasteiger partial charge in [0.1, 0.15) is 13.2 Å². The Kier molecular flexibility index (Phi) is 6.22. The molecule has 0 saturated heterocycles. The topological polar surface area (TPSA) is 78.3 Å². The number of rotatable bonds is 6. The molecule has 0 atom stereocenters. The largest absolute Gasteiger partial charge is 0.486 e. The van der Waals surface area contributed by atoms with Gasteiger partial charge in [-0.05, 0) is 38.1 Å². The maximum absolute atomic E-state index is 12.7. The lowest BCUT2D eigenvalue weighted by Gasteiger charge is -2.19. The average molecular weight is 473 g/mol. The van der Waals surface area contributed by atoms with E-state index in [4.69, 9.17) is 9.47 Å². The summed E-state index contributed by atoms with van der Waals surface area (Å²) in [7, 11) is 0. The van der Waals surface area contributed by atoms with Crippen LogP contribution in [0.1, 0.15) is 11.1 Å². The van der Waals surface area contributed by atoms with E-state index in [1.807, 2.05) is 28.8 Å². The van der Waals surface area contributed by atoms with Gasteiger partial charge in [-0.15, -0.1) is 10.2 Å². The van der Waals surface area contributed by atoms with Crippen molar-refractivity contribution < 1.29 is 14.3 Å². The minimum atomic E-state index is -0.142. The molecule has 1 aliphatic heterocycles. The standard InChI is InChI=1S/C26H24N4O3S/c1-17-3-7-19(8-4-17)25-28-29-26(30(25)21-10-5-18(2)6-11-21)34-16-24(31)27-20-9-12-22-23(15-20)33-14-13-32-22/h3-12,15H,13-14,16H2,1-2H3,(H,27,31). The van der Waals surface area contributed by atoms with Crippen LogP contribution in [0, 0.1) is 13.8 Å². The zero-order valence-corrected chi connectivity index (χ0v) is 19.8. The molecule has 0 radical (unpaired) electrons. The van der Waals surface area contributed by atoms with Crippen LogP contribution < -0.4 is 14.8 Å². The highest BCUT2D eigenvalue weighted by molar-refractivity contribution is 7.99. The smallest absolute Gasteiger partial charge is 0.234 e. The van der Waals surface area contributed by atoms with E-state index in [0.717, 1.165) is 17.1 Å². The van der Waals surface area contributed by atoms with Gasteiger partial charge in [0.25, 0.3) is 0 Å². The van der Waals surface area contributed by atoms with Crippen molar-refractivity contribution in [3.05, 3.63) is 77.9 Å². The molecule has 1 N–H and O–H groups in total. The molecule has 4 aromatic rings. The first-order valence-corrected chi connectivity index (χ1v) is 12.0. The molecule has 8 heteroatoms. The molecule has 3 aromatic carbocycles. The maximum atomic E-state index is 12.7.